The van der Waals surface area contributed by atoms with Crippen molar-refractivity contribution >= 4 is 0 Å². The Morgan fingerprint density at radius 1 is 1.45 bits per heavy atom. The summed E-state index contributed by atoms with van der Waals surface area (Å²) < 4.78 is 29.7. The van der Waals surface area contributed by atoms with E-state index in [0.717, 1.165) is 37.3 Å². The zero-order chi connectivity index (χ0) is 14.2. The third-order valence-corrected chi connectivity index (χ3v) is 3.23. The Hall–Kier alpha value is -1.17. The number of hydrogen-bond acceptors (Lipinski definition) is 4. The first kappa shape index (κ1) is 15.2. The van der Waals surface area contributed by atoms with Crippen LogP contribution in [-0.2, 0) is 16.0 Å². The van der Waals surface area contributed by atoms with E-state index >= 15 is 0 Å². The highest BCUT2D eigenvalue weighted by Gasteiger charge is 2.17. The highest BCUT2D eigenvalue weighted by Crippen LogP contribution is 2.23. The van der Waals surface area contributed by atoms with E-state index in [1.165, 1.54) is 12.1 Å². The van der Waals surface area contributed by atoms with E-state index < -0.39 is 0 Å². The zero-order valence-electron chi connectivity index (χ0n) is 11.9. The van der Waals surface area contributed by atoms with E-state index in [4.69, 9.17) is 14.2 Å². The Kier molecular flexibility index (Phi) is 6.24. The maximum Gasteiger partial charge on any atom is 0.124 e. The van der Waals surface area contributed by atoms with Crippen molar-refractivity contribution in [3.63, 3.8) is 0 Å². The summed E-state index contributed by atoms with van der Waals surface area (Å²) in [6.45, 7) is 3.31. The fourth-order valence-corrected chi connectivity index (χ4v) is 2.18. The number of methoxy groups -OCH3 is 1. The summed E-state index contributed by atoms with van der Waals surface area (Å²) in [6.07, 6.45) is 2.05. The monoisotopic (exact) mass is 283 g/mol. The second-order valence-corrected chi connectivity index (χ2v) is 4.88. The lowest BCUT2D eigenvalue weighted by Gasteiger charge is -2.24. The van der Waals surface area contributed by atoms with Gasteiger partial charge in [-0.2, -0.15) is 0 Å². The van der Waals surface area contributed by atoms with Crippen LogP contribution in [0.3, 0.4) is 0 Å². The van der Waals surface area contributed by atoms with Crippen molar-refractivity contribution < 1.29 is 18.6 Å². The van der Waals surface area contributed by atoms with Crippen LogP contribution in [0.2, 0.25) is 0 Å². The first-order chi connectivity index (χ1) is 9.79. The average Bonchev–Trinajstić information content (AvgIpc) is 2.47. The van der Waals surface area contributed by atoms with Crippen LogP contribution >= 0.6 is 0 Å². The lowest BCUT2D eigenvalue weighted by molar-refractivity contribution is 0.00696. The summed E-state index contributed by atoms with van der Waals surface area (Å²) >= 11 is 0. The van der Waals surface area contributed by atoms with E-state index in [1.807, 2.05) is 0 Å². The second kappa shape index (κ2) is 8.19. The summed E-state index contributed by atoms with van der Waals surface area (Å²) in [4.78, 5) is 0. The summed E-state index contributed by atoms with van der Waals surface area (Å²) in [5, 5.41) is 3.20. The molecule has 0 amide bonds. The molecule has 0 spiro atoms. The standard InChI is InChI=1S/C15H22FNO3/c1-18-8-6-17-10-12-9-13(16)4-5-15(12)20-14-3-2-7-19-11-14/h4-5,9,14,17H,2-3,6-8,10-11H2,1H3. The molecular formula is C15H22FNO3. The molecule has 0 radical (unpaired) electrons. The van der Waals surface area contributed by atoms with E-state index in [-0.39, 0.29) is 11.9 Å². The van der Waals surface area contributed by atoms with Gasteiger partial charge in [0.15, 0.2) is 0 Å². The number of halogens is 1. The summed E-state index contributed by atoms with van der Waals surface area (Å²) in [6, 6.07) is 4.63. The van der Waals surface area contributed by atoms with Crippen molar-refractivity contribution in [3.8, 4) is 5.75 Å². The third kappa shape index (κ3) is 4.74. The molecule has 1 aliphatic rings. The fraction of sp³-hybridized carbons (Fsp3) is 0.600. The van der Waals surface area contributed by atoms with Crippen LogP contribution in [0.25, 0.3) is 0 Å². The van der Waals surface area contributed by atoms with Gasteiger partial charge in [0.25, 0.3) is 0 Å². The van der Waals surface area contributed by atoms with Gasteiger partial charge in [0.05, 0.1) is 13.2 Å². The summed E-state index contributed by atoms with van der Waals surface area (Å²) in [5.41, 5.74) is 0.826. The molecule has 1 aliphatic heterocycles. The van der Waals surface area contributed by atoms with Crippen LogP contribution in [0.1, 0.15) is 18.4 Å². The third-order valence-electron chi connectivity index (χ3n) is 3.23. The first-order valence-electron chi connectivity index (χ1n) is 7.02. The molecule has 1 N–H and O–H groups in total. The SMILES string of the molecule is COCCNCc1cc(F)ccc1OC1CCCOC1. The highest BCUT2D eigenvalue weighted by molar-refractivity contribution is 5.34. The van der Waals surface area contributed by atoms with Gasteiger partial charge in [0, 0.05) is 32.4 Å². The molecule has 5 heteroatoms. The number of nitrogens with one attached hydrogen (secondary N) is 1. The largest absolute Gasteiger partial charge is 0.488 e. The first-order valence-corrected chi connectivity index (χ1v) is 7.02. The fourth-order valence-electron chi connectivity index (χ4n) is 2.18. The Morgan fingerprint density at radius 2 is 2.35 bits per heavy atom. The van der Waals surface area contributed by atoms with Gasteiger partial charge in [-0.1, -0.05) is 0 Å². The van der Waals surface area contributed by atoms with Gasteiger partial charge >= 0.3 is 0 Å². The molecular weight excluding hydrogens is 261 g/mol. The van der Waals surface area contributed by atoms with Gasteiger partial charge in [-0.3, -0.25) is 0 Å². The molecule has 0 aliphatic carbocycles. The minimum atomic E-state index is -0.249. The number of rotatable bonds is 7. The number of benzene rings is 1. The lowest BCUT2D eigenvalue weighted by Crippen LogP contribution is -2.28. The van der Waals surface area contributed by atoms with Gasteiger partial charge in [-0.05, 0) is 31.0 Å². The molecule has 1 aromatic rings. The van der Waals surface area contributed by atoms with Gasteiger partial charge in [-0.25, -0.2) is 4.39 Å². The molecule has 112 valence electrons. The molecule has 2 rings (SSSR count). The highest BCUT2D eigenvalue weighted by atomic mass is 19.1. The van der Waals surface area contributed by atoms with E-state index in [0.29, 0.717) is 19.8 Å². The van der Waals surface area contributed by atoms with Crippen molar-refractivity contribution in [1.82, 2.24) is 5.32 Å². The van der Waals surface area contributed by atoms with Crippen LogP contribution < -0.4 is 10.1 Å². The Bertz CT molecular complexity index is 408. The van der Waals surface area contributed by atoms with E-state index in [1.54, 1.807) is 13.2 Å². The Balaban J connectivity index is 1.95. The van der Waals surface area contributed by atoms with E-state index in [2.05, 4.69) is 5.32 Å². The predicted molar refractivity (Wildman–Crippen MR) is 74.5 cm³/mol. The van der Waals surface area contributed by atoms with E-state index in [9.17, 15) is 4.39 Å². The average molecular weight is 283 g/mol. The Morgan fingerprint density at radius 3 is 3.10 bits per heavy atom. The van der Waals surface area contributed by atoms with Crippen LogP contribution in [0.4, 0.5) is 4.39 Å². The van der Waals surface area contributed by atoms with Crippen molar-refractivity contribution in [2.45, 2.75) is 25.5 Å². The molecule has 4 nitrogen and oxygen atoms in total. The summed E-state index contributed by atoms with van der Waals surface area (Å²) in [7, 11) is 1.65. The van der Waals surface area contributed by atoms with Crippen molar-refractivity contribution in [1.29, 1.82) is 0 Å². The maximum atomic E-state index is 13.4. The minimum absolute atomic E-state index is 0.0620. The number of ether oxygens (including phenoxy) is 3. The quantitative estimate of drug-likeness (QED) is 0.778. The predicted octanol–water partition coefficient (Wildman–Crippen LogP) is 2.12. The van der Waals surface area contributed by atoms with Gasteiger partial charge in [-0.15, -0.1) is 0 Å². The number of hydrogen-bond donors (Lipinski definition) is 1. The van der Waals surface area contributed by atoms with Gasteiger partial charge in [0.2, 0.25) is 0 Å². The van der Waals surface area contributed by atoms with Crippen molar-refractivity contribution in [2.24, 2.45) is 0 Å². The normalized spacial score (nSPS) is 19.0. The molecule has 1 heterocycles. The van der Waals surface area contributed by atoms with Gasteiger partial charge < -0.3 is 19.5 Å². The molecule has 1 atom stereocenters. The molecule has 0 aromatic heterocycles. The molecule has 0 saturated carbocycles. The minimum Gasteiger partial charge on any atom is -0.488 e. The molecule has 1 saturated heterocycles. The maximum absolute atomic E-state index is 13.4. The summed E-state index contributed by atoms with van der Waals surface area (Å²) in [5.74, 6) is 0.479. The van der Waals surface area contributed by atoms with Gasteiger partial charge in [0.1, 0.15) is 17.7 Å². The molecule has 0 bridgehead atoms. The van der Waals surface area contributed by atoms with Crippen LogP contribution in [0.15, 0.2) is 18.2 Å². The van der Waals surface area contributed by atoms with Crippen LogP contribution in [0.5, 0.6) is 5.75 Å². The Labute approximate surface area is 119 Å². The van der Waals surface area contributed by atoms with Crippen molar-refractivity contribution in [3.05, 3.63) is 29.6 Å². The molecule has 20 heavy (non-hydrogen) atoms. The smallest absolute Gasteiger partial charge is 0.124 e. The van der Waals surface area contributed by atoms with Crippen LogP contribution in [0, 0.1) is 5.82 Å². The zero-order valence-corrected chi connectivity index (χ0v) is 11.9. The topological polar surface area (TPSA) is 39.7 Å². The lowest BCUT2D eigenvalue weighted by atomic mass is 10.1. The molecule has 1 fully saturated rings. The molecule has 1 unspecified atom stereocenters. The molecule has 1 aromatic carbocycles. The second-order valence-electron chi connectivity index (χ2n) is 4.88. The van der Waals surface area contributed by atoms with Crippen molar-refractivity contribution in [2.75, 3.05) is 33.5 Å². The van der Waals surface area contributed by atoms with Crippen LogP contribution in [-0.4, -0.2) is 39.6 Å².